The topological polar surface area (TPSA) is 96.6 Å². The molecule has 2 heterocycles. The molecular weight excluding hydrogens is 319 g/mol. The largest absolute Gasteiger partial charge is 0.337 e. The van der Waals surface area contributed by atoms with Crippen molar-refractivity contribution in [3.8, 4) is 11.4 Å². The van der Waals surface area contributed by atoms with Crippen molar-refractivity contribution in [3.05, 3.63) is 36.0 Å². The Kier molecular flexibility index (Phi) is 3.84. The summed E-state index contributed by atoms with van der Waals surface area (Å²) in [4.78, 5) is 41.6. The lowest BCUT2D eigenvalue weighted by Gasteiger charge is -2.17. The molecule has 0 radical (unpaired) electrons. The quantitative estimate of drug-likeness (QED) is 0.623. The third-order valence-electron chi connectivity index (χ3n) is 3.46. The van der Waals surface area contributed by atoms with Crippen LogP contribution in [0.1, 0.15) is 19.7 Å². The molecule has 0 atom stereocenters. The number of rotatable bonds is 4. The summed E-state index contributed by atoms with van der Waals surface area (Å²) in [5.41, 5.74) is 0.519. The monoisotopic (exact) mass is 332 g/mol. The Hall–Kier alpha value is -3.10. The fourth-order valence-corrected chi connectivity index (χ4v) is 2.29. The van der Waals surface area contributed by atoms with E-state index in [4.69, 9.17) is 4.52 Å². The van der Waals surface area contributed by atoms with E-state index in [1.807, 2.05) is 0 Å². The average Bonchev–Trinajstić information content (AvgIpc) is 3.08. The summed E-state index contributed by atoms with van der Waals surface area (Å²) in [6.45, 7) is 2.96. The second-order valence-electron chi connectivity index (χ2n) is 5.46. The van der Waals surface area contributed by atoms with Gasteiger partial charge in [-0.25, -0.2) is 14.1 Å². The molecular formula is C15H13FN4O4. The molecule has 0 aliphatic carbocycles. The number of carbonyl (C=O) groups is 3. The third kappa shape index (κ3) is 2.64. The van der Waals surface area contributed by atoms with Gasteiger partial charge in [-0.1, -0.05) is 5.16 Å². The van der Waals surface area contributed by atoms with Gasteiger partial charge in [-0.15, -0.1) is 0 Å². The summed E-state index contributed by atoms with van der Waals surface area (Å²) in [6, 6.07) is 4.29. The summed E-state index contributed by atoms with van der Waals surface area (Å²) in [7, 11) is 0. The lowest BCUT2D eigenvalue weighted by atomic mass is 10.2. The maximum absolute atomic E-state index is 12.9. The number of carbonyl (C=O) groups excluding carboxylic acids is 3. The summed E-state index contributed by atoms with van der Waals surface area (Å²) in [5.74, 6) is -2.03. The Morgan fingerprint density at radius 1 is 1.12 bits per heavy atom. The van der Waals surface area contributed by atoms with Crippen molar-refractivity contribution in [3.63, 3.8) is 0 Å². The molecule has 1 saturated heterocycles. The van der Waals surface area contributed by atoms with Crippen LogP contribution in [-0.4, -0.2) is 43.8 Å². The van der Waals surface area contributed by atoms with Crippen molar-refractivity contribution >= 4 is 17.8 Å². The standard InChI is InChI=1S/C15H13FN4O4/c1-8(2)20-14(22)13(21)19(15(20)23)7-11-17-12(18-24-11)9-3-5-10(16)6-4-9/h3-6,8H,7H2,1-2H3. The smallest absolute Gasteiger partial charge is 0.334 e. The van der Waals surface area contributed by atoms with E-state index in [0.717, 1.165) is 9.80 Å². The van der Waals surface area contributed by atoms with Crippen molar-refractivity contribution in [2.45, 2.75) is 26.4 Å². The Morgan fingerprint density at radius 3 is 2.38 bits per heavy atom. The third-order valence-corrected chi connectivity index (χ3v) is 3.46. The Morgan fingerprint density at radius 2 is 1.79 bits per heavy atom. The average molecular weight is 332 g/mol. The highest BCUT2D eigenvalue weighted by Crippen LogP contribution is 2.20. The summed E-state index contributed by atoms with van der Waals surface area (Å²) >= 11 is 0. The number of amides is 4. The number of halogens is 1. The molecule has 3 rings (SSSR count). The normalized spacial score (nSPS) is 15.1. The van der Waals surface area contributed by atoms with Crippen LogP contribution in [0.5, 0.6) is 0 Å². The fraction of sp³-hybridized carbons (Fsp3) is 0.267. The van der Waals surface area contributed by atoms with E-state index in [-0.39, 0.29) is 18.3 Å². The first-order valence-corrected chi connectivity index (χ1v) is 7.16. The van der Waals surface area contributed by atoms with E-state index in [9.17, 15) is 18.8 Å². The molecule has 0 unspecified atom stereocenters. The predicted octanol–water partition coefficient (Wildman–Crippen LogP) is 1.57. The van der Waals surface area contributed by atoms with Gasteiger partial charge in [-0.05, 0) is 38.1 Å². The van der Waals surface area contributed by atoms with Gasteiger partial charge in [-0.3, -0.25) is 14.5 Å². The summed E-state index contributed by atoms with van der Waals surface area (Å²) in [6.07, 6.45) is 0. The molecule has 0 bridgehead atoms. The number of urea groups is 1. The summed E-state index contributed by atoms with van der Waals surface area (Å²) in [5, 5.41) is 3.73. The number of hydrogen-bond acceptors (Lipinski definition) is 6. The molecule has 24 heavy (non-hydrogen) atoms. The highest BCUT2D eigenvalue weighted by atomic mass is 19.1. The van der Waals surface area contributed by atoms with Crippen LogP contribution in [-0.2, 0) is 16.1 Å². The predicted molar refractivity (Wildman–Crippen MR) is 77.6 cm³/mol. The number of aromatic nitrogens is 2. The minimum absolute atomic E-state index is 0.00516. The van der Waals surface area contributed by atoms with Crippen LogP contribution in [0, 0.1) is 5.82 Å². The van der Waals surface area contributed by atoms with Crippen molar-refractivity contribution in [1.82, 2.24) is 19.9 Å². The molecule has 4 amide bonds. The van der Waals surface area contributed by atoms with Gasteiger partial charge in [0.1, 0.15) is 12.4 Å². The zero-order valence-electron chi connectivity index (χ0n) is 12.9. The van der Waals surface area contributed by atoms with Crippen molar-refractivity contribution < 1.29 is 23.3 Å². The minimum atomic E-state index is -0.935. The molecule has 9 heteroatoms. The number of imide groups is 2. The molecule has 1 aliphatic heterocycles. The SMILES string of the molecule is CC(C)N1C(=O)C(=O)N(Cc2nc(-c3ccc(F)cc3)no2)C1=O. The number of benzene rings is 1. The number of nitrogens with zero attached hydrogens (tertiary/aromatic N) is 4. The van der Waals surface area contributed by atoms with E-state index >= 15 is 0 Å². The van der Waals surface area contributed by atoms with Gasteiger partial charge in [0.25, 0.3) is 0 Å². The van der Waals surface area contributed by atoms with E-state index < -0.39 is 29.7 Å². The van der Waals surface area contributed by atoms with Gasteiger partial charge in [0.05, 0.1) is 0 Å². The molecule has 1 aromatic carbocycles. The van der Waals surface area contributed by atoms with Crippen molar-refractivity contribution in [1.29, 1.82) is 0 Å². The Labute approximate surface area is 135 Å². The van der Waals surface area contributed by atoms with Crippen molar-refractivity contribution in [2.24, 2.45) is 0 Å². The molecule has 2 aromatic rings. The first-order chi connectivity index (χ1) is 11.4. The second kappa shape index (κ2) is 5.84. The van der Waals surface area contributed by atoms with E-state index in [1.165, 1.54) is 24.3 Å². The second-order valence-corrected chi connectivity index (χ2v) is 5.46. The molecule has 0 saturated carbocycles. The maximum atomic E-state index is 12.9. The first-order valence-electron chi connectivity index (χ1n) is 7.16. The fourth-order valence-electron chi connectivity index (χ4n) is 2.29. The lowest BCUT2D eigenvalue weighted by Crippen LogP contribution is -2.37. The van der Waals surface area contributed by atoms with Crippen LogP contribution in [0.15, 0.2) is 28.8 Å². The number of hydrogen-bond donors (Lipinski definition) is 0. The van der Waals surface area contributed by atoms with Gasteiger partial charge in [0.15, 0.2) is 0 Å². The molecule has 0 N–H and O–H groups in total. The van der Waals surface area contributed by atoms with E-state index in [1.54, 1.807) is 13.8 Å². The molecule has 8 nitrogen and oxygen atoms in total. The zero-order valence-corrected chi connectivity index (χ0v) is 12.9. The van der Waals surface area contributed by atoms with Crippen LogP contribution in [0.4, 0.5) is 9.18 Å². The van der Waals surface area contributed by atoms with Crippen LogP contribution >= 0.6 is 0 Å². The highest BCUT2D eigenvalue weighted by Gasteiger charge is 2.46. The lowest BCUT2D eigenvalue weighted by molar-refractivity contribution is -0.144. The first kappa shape index (κ1) is 15.8. The van der Waals surface area contributed by atoms with Crippen molar-refractivity contribution in [2.75, 3.05) is 0 Å². The van der Waals surface area contributed by atoms with Gasteiger partial charge >= 0.3 is 17.8 Å². The highest BCUT2D eigenvalue weighted by molar-refractivity contribution is 6.44. The van der Waals surface area contributed by atoms with Crippen LogP contribution in [0.2, 0.25) is 0 Å². The van der Waals surface area contributed by atoms with E-state index in [2.05, 4.69) is 10.1 Å². The van der Waals surface area contributed by atoms with Gasteiger partial charge in [0, 0.05) is 11.6 Å². The van der Waals surface area contributed by atoms with Crippen LogP contribution in [0.3, 0.4) is 0 Å². The Balaban J connectivity index is 1.80. The molecule has 124 valence electrons. The van der Waals surface area contributed by atoms with Gasteiger partial charge < -0.3 is 4.52 Å². The molecule has 1 aliphatic rings. The molecule has 1 aromatic heterocycles. The van der Waals surface area contributed by atoms with E-state index in [0.29, 0.717) is 5.56 Å². The van der Waals surface area contributed by atoms with Crippen LogP contribution in [0.25, 0.3) is 11.4 Å². The van der Waals surface area contributed by atoms with Gasteiger partial charge in [0.2, 0.25) is 11.7 Å². The minimum Gasteiger partial charge on any atom is -0.337 e. The summed E-state index contributed by atoms with van der Waals surface area (Å²) < 4.78 is 17.9. The molecule has 1 fully saturated rings. The van der Waals surface area contributed by atoms with Crippen LogP contribution < -0.4 is 0 Å². The maximum Gasteiger partial charge on any atom is 0.334 e. The molecule has 0 spiro atoms. The Bertz CT molecular complexity index is 815. The zero-order chi connectivity index (χ0) is 17.4. The van der Waals surface area contributed by atoms with Gasteiger partial charge in [-0.2, -0.15) is 4.98 Å².